The highest BCUT2D eigenvalue weighted by atomic mass is 16.6. The Balaban J connectivity index is 2.24. The molecular weight excluding hydrogens is 298 g/mol. The first kappa shape index (κ1) is 16.5. The second-order valence-electron chi connectivity index (χ2n) is 5.94. The summed E-state index contributed by atoms with van der Waals surface area (Å²) in [5.41, 5.74) is 11.4. The maximum absolute atomic E-state index is 11.6. The van der Waals surface area contributed by atoms with Crippen LogP contribution in [0.5, 0.6) is 0 Å². The summed E-state index contributed by atoms with van der Waals surface area (Å²) in [4.78, 5) is 31.5. The van der Waals surface area contributed by atoms with Gasteiger partial charge in [-0.3, -0.25) is 4.79 Å². The number of nitrogens with zero attached hydrogens (tertiary/aromatic N) is 2. The second-order valence-corrected chi connectivity index (χ2v) is 5.94. The van der Waals surface area contributed by atoms with E-state index >= 15 is 0 Å². The van der Waals surface area contributed by atoms with Crippen LogP contribution in [0.3, 0.4) is 0 Å². The van der Waals surface area contributed by atoms with Crippen molar-refractivity contribution in [2.45, 2.75) is 32.9 Å². The number of hydrogen-bond acceptors (Lipinski definition) is 6. The number of ether oxygens (including phenoxy) is 1. The number of aromatic nitrogens is 2. The number of carbonyl (C=O) groups excluding carboxylic acids is 2. The smallest absolute Gasteiger partial charge is 0.408 e. The van der Waals surface area contributed by atoms with E-state index in [4.69, 9.17) is 16.2 Å². The Labute approximate surface area is 133 Å². The quantitative estimate of drug-likeness (QED) is 0.782. The molecule has 0 atom stereocenters. The Kier molecular flexibility index (Phi) is 4.35. The molecule has 0 unspecified atom stereocenters. The normalized spacial score (nSPS) is 11.3. The fraction of sp³-hybridized carbons (Fsp3) is 0.333. The molecule has 0 aliphatic rings. The van der Waals surface area contributed by atoms with Crippen molar-refractivity contribution < 1.29 is 14.3 Å². The van der Waals surface area contributed by atoms with Crippen molar-refractivity contribution in [3.8, 4) is 0 Å². The van der Waals surface area contributed by atoms with Crippen LogP contribution in [0.15, 0.2) is 18.2 Å². The molecule has 5 N–H and O–H groups in total. The molecule has 23 heavy (non-hydrogen) atoms. The highest BCUT2D eigenvalue weighted by Crippen LogP contribution is 2.22. The van der Waals surface area contributed by atoms with Gasteiger partial charge in [0, 0.05) is 0 Å². The van der Waals surface area contributed by atoms with Crippen LogP contribution in [0.1, 0.15) is 37.0 Å². The molecule has 1 aromatic heterocycles. The van der Waals surface area contributed by atoms with Crippen LogP contribution in [-0.2, 0) is 11.3 Å². The lowest BCUT2D eigenvalue weighted by atomic mass is 10.1. The van der Waals surface area contributed by atoms with Crippen LogP contribution in [0.4, 0.5) is 10.6 Å². The summed E-state index contributed by atoms with van der Waals surface area (Å²) < 4.78 is 5.13. The second kappa shape index (κ2) is 6.07. The number of primary amides is 1. The van der Waals surface area contributed by atoms with Gasteiger partial charge < -0.3 is 21.5 Å². The molecule has 8 nitrogen and oxygen atoms in total. The van der Waals surface area contributed by atoms with Crippen molar-refractivity contribution >= 4 is 28.7 Å². The van der Waals surface area contributed by atoms with E-state index in [1.165, 1.54) is 0 Å². The SMILES string of the molecule is CC(C)(C)OC(=O)NCc1nc(N)c2c(C(N)=O)cccc2n1. The van der Waals surface area contributed by atoms with Gasteiger partial charge in [-0.05, 0) is 32.9 Å². The zero-order chi connectivity index (χ0) is 17.2. The lowest BCUT2D eigenvalue weighted by Crippen LogP contribution is -2.32. The van der Waals surface area contributed by atoms with Gasteiger partial charge in [-0.25, -0.2) is 14.8 Å². The Morgan fingerprint density at radius 1 is 1.26 bits per heavy atom. The van der Waals surface area contributed by atoms with E-state index in [0.29, 0.717) is 16.7 Å². The summed E-state index contributed by atoms with van der Waals surface area (Å²) in [6, 6.07) is 4.90. The summed E-state index contributed by atoms with van der Waals surface area (Å²) in [6.45, 7) is 5.35. The van der Waals surface area contributed by atoms with Crippen molar-refractivity contribution in [3.63, 3.8) is 0 Å². The molecule has 0 spiro atoms. The summed E-state index contributed by atoms with van der Waals surface area (Å²) in [7, 11) is 0. The fourth-order valence-corrected chi connectivity index (χ4v) is 2.01. The van der Waals surface area contributed by atoms with E-state index in [0.717, 1.165) is 0 Å². The summed E-state index contributed by atoms with van der Waals surface area (Å²) in [6.07, 6.45) is -0.578. The molecule has 122 valence electrons. The number of nitrogen functional groups attached to an aromatic ring is 1. The van der Waals surface area contributed by atoms with E-state index in [2.05, 4.69) is 15.3 Å². The van der Waals surface area contributed by atoms with Gasteiger partial charge in [0.2, 0.25) is 5.91 Å². The van der Waals surface area contributed by atoms with Crippen molar-refractivity contribution in [3.05, 3.63) is 29.6 Å². The fourth-order valence-electron chi connectivity index (χ4n) is 2.01. The molecule has 0 saturated heterocycles. The van der Waals surface area contributed by atoms with Gasteiger partial charge in [-0.15, -0.1) is 0 Å². The first-order valence-electron chi connectivity index (χ1n) is 6.99. The molecular formula is C15H19N5O3. The van der Waals surface area contributed by atoms with Gasteiger partial charge in [0.25, 0.3) is 0 Å². The average Bonchev–Trinajstić information content (AvgIpc) is 2.42. The van der Waals surface area contributed by atoms with Gasteiger partial charge in [-0.2, -0.15) is 0 Å². The maximum atomic E-state index is 11.6. The third-order valence-electron chi connectivity index (χ3n) is 2.85. The van der Waals surface area contributed by atoms with E-state index < -0.39 is 17.6 Å². The number of carbonyl (C=O) groups is 2. The summed E-state index contributed by atoms with van der Waals surface area (Å²) >= 11 is 0. The Morgan fingerprint density at radius 3 is 2.57 bits per heavy atom. The Hall–Kier alpha value is -2.90. The summed E-state index contributed by atoms with van der Waals surface area (Å²) in [5.74, 6) is -0.168. The van der Waals surface area contributed by atoms with E-state index in [1.54, 1.807) is 39.0 Å². The first-order valence-corrected chi connectivity index (χ1v) is 6.99. The number of anilines is 1. The van der Waals surface area contributed by atoms with Crippen molar-refractivity contribution in [1.29, 1.82) is 0 Å². The topological polar surface area (TPSA) is 133 Å². The van der Waals surface area contributed by atoms with E-state index in [1.807, 2.05) is 0 Å². The molecule has 2 aromatic rings. The van der Waals surface area contributed by atoms with Gasteiger partial charge in [0.05, 0.1) is 23.0 Å². The monoisotopic (exact) mass is 317 g/mol. The minimum absolute atomic E-state index is 0.0514. The molecule has 2 rings (SSSR count). The van der Waals surface area contributed by atoms with Crippen molar-refractivity contribution in [2.75, 3.05) is 5.73 Å². The Morgan fingerprint density at radius 2 is 1.96 bits per heavy atom. The predicted octanol–water partition coefficient (Wildman–Crippen LogP) is 1.34. The third-order valence-corrected chi connectivity index (χ3v) is 2.85. The molecule has 0 bridgehead atoms. The van der Waals surface area contributed by atoms with Crippen LogP contribution in [-0.4, -0.2) is 27.6 Å². The number of nitrogens with two attached hydrogens (primary N) is 2. The highest BCUT2D eigenvalue weighted by Gasteiger charge is 2.17. The largest absolute Gasteiger partial charge is 0.444 e. The van der Waals surface area contributed by atoms with Gasteiger partial charge in [-0.1, -0.05) is 6.07 Å². The van der Waals surface area contributed by atoms with Crippen LogP contribution < -0.4 is 16.8 Å². The lowest BCUT2D eigenvalue weighted by molar-refractivity contribution is 0.0522. The number of benzene rings is 1. The number of rotatable bonds is 3. The molecule has 8 heteroatoms. The molecule has 0 aliphatic heterocycles. The van der Waals surface area contributed by atoms with Gasteiger partial charge >= 0.3 is 6.09 Å². The van der Waals surface area contributed by atoms with E-state index in [9.17, 15) is 9.59 Å². The van der Waals surface area contributed by atoms with Crippen LogP contribution in [0.25, 0.3) is 10.9 Å². The van der Waals surface area contributed by atoms with Crippen molar-refractivity contribution in [2.24, 2.45) is 5.73 Å². The standard InChI is InChI=1S/C15H19N5O3/c1-15(2,3)23-14(22)18-7-10-19-9-6-4-5-8(13(17)21)11(9)12(16)20-10/h4-6H,7H2,1-3H3,(H2,17,21)(H,18,22)(H2,16,19,20). The number of hydrogen-bond donors (Lipinski definition) is 3. The van der Waals surface area contributed by atoms with Crippen molar-refractivity contribution in [1.82, 2.24) is 15.3 Å². The summed E-state index contributed by atoms with van der Waals surface area (Å²) in [5, 5.41) is 2.96. The molecule has 1 heterocycles. The number of amides is 2. The predicted molar refractivity (Wildman–Crippen MR) is 85.5 cm³/mol. The number of fused-ring (bicyclic) bond motifs is 1. The minimum atomic E-state index is -0.606. The third kappa shape index (κ3) is 4.06. The maximum Gasteiger partial charge on any atom is 0.408 e. The first-order chi connectivity index (χ1) is 10.7. The molecule has 1 aromatic carbocycles. The van der Waals surface area contributed by atoms with E-state index in [-0.39, 0.29) is 17.9 Å². The zero-order valence-corrected chi connectivity index (χ0v) is 13.2. The number of alkyl carbamates (subject to hydrolysis) is 1. The van der Waals surface area contributed by atoms with Crippen LogP contribution in [0.2, 0.25) is 0 Å². The van der Waals surface area contributed by atoms with Gasteiger partial charge in [0.15, 0.2) is 5.82 Å². The highest BCUT2D eigenvalue weighted by molar-refractivity contribution is 6.08. The van der Waals surface area contributed by atoms with Crippen LogP contribution in [0, 0.1) is 0 Å². The van der Waals surface area contributed by atoms with Gasteiger partial charge in [0.1, 0.15) is 11.4 Å². The van der Waals surface area contributed by atoms with Crippen LogP contribution >= 0.6 is 0 Å². The average molecular weight is 317 g/mol. The molecule has 0 fully saturated rings. The zero-order valence-electron chi connectivity index (χ0n) is 13.2. The lowest BCUT2D eigenvalue weighted by Gasteiger charge is -2.19. The molecule has 0 saturated carbocycles. The Bertz CT molecular complexity index is 768. The minimum Gasteiger partial charge on any atom is -0.444 e. The molecule has 0 aliphatic carbocycles. The molecule has 2 amide bonds. The molecule has 0 radical (unpaired) electrons. The number of nitrogens with one attached hydrogen (secondary N) is 1.